The van der Waals surface area contributed by atoms with Crippen LogP contribution in [0.3, 0.4) is 0 Å². The fourth-order valence-corrected chi connectivity index (χ4v) is 2.08. The third kappa shape index (κ3) is 1.41. The smallest absolute Gasteiger partial charge is 0.0732 e. The van der Waals surface area contributed by atoms with E-state index in [-0.39, 0.29) is 0 Å². The molecule has 0 amide bonds. The summed E-state index contributed by atoms with van der Waals surface area (Å²) < 4.78 is 0. The van der Waals surface area contributed by atoms with Crippen LogP contribution in [0.25, 0.3) is 0 Å². The van der Waals surface area contributed by atoms with Gasteiger partial charge in [-0.25, -0.2) is 5.92 Å². The normalized spacial score (nSPS) is 16.9. The molecule has 1 aromatic rings. The van der Waals surface area contributed by atoms with Crippen molar-refractivity contribution >= 4 is 11.3 Å². The highest BCUT2D eigenvalue weighted by molar-refractivity contribution is 7.12. The van der Waals surface area contributed by atoms with E-state index in [4.69, 9.17) is 0 Å². The van der Waals surface area contributed by atoms with E-state index in [1.54, 1.807) is 0 Å². The van der Waals surface area contributed by atoms with E-state index in [1.165, 1.54) is 28.6 Å². The fraction of sp³-hybridized carbons (Fsp3) is 0.556. The number of nitrogens with zero attached hydrogens (tertiary/aromatic N) is 1. The van der Waals surface area contributed by atoms with E-state index in [1.807, 2.05) is 17.5 Å². The van der Waals surface area contributed by atoms with Crippen molar-refractivity contribution in [2.75, 3.05) is 0 Å². The molecule has 0 spiro atoms. The number of rotatable bonds is 2. The second-order valence-electron chi connectivity index (χ2n) is 3.34. The highest BCUT2D eigenvalue weighted by atomic mass is 32.1. The first-order valence-electron chi connectivity index (χ1n) is 4.03. The number of hydrogen-bond acceptors (Lipinski definition) is 2. The number of thiazole rings is 1. The van der Waals surface area contributed by atoms with Crippen molar-refractivity contribution in [3.05, 3.63) is 22.0 Å². The van der Waals surface area contributed by atoms with Gasteiger partial charge in [-0.2, -0.15) is 11.3 Å². The van der Waals surface area contributed by atoms with Gasteiger partial charge in [0.05, 0.1) is 5.01 Å². The average molecular weight is 166 g/mol. The maximum absolute atomic E-state index is 4.40. The highest BCUT2D eigenvalue weighted by Gasteiger charge is 2.25. The Morgan fingerprint density at radius 1 is 1.55 bits per heavy atom. The first-order valence-corrected chi connectivity index (χ1v) is 4.85. The van der Waals surface area contributed by atoms with Gasteiger partial charge in [0.25, 0.3) is 0 Å². The minimum Gasteiger partial charge on any atom is -0.345 e. The zero-order valence-corrected chi connectivity index (χ0v) is 7.74. The molecule has 1 saturated carbocycles. The third-order valence-electron chi connectivity index (χ3n) is 1.94. The summed E-state index contributed by atoms with van der Waals surface area (Å²) in [6.07, 6.45) is 4.72. The van der Waals surface area contributed by atoms with Crippen LogP contribution in [0.1, 0.15) is 42.5 Å². The Balaban J connectivity index is 2.18. The third-order valence-corrected chi connectivity index (χ3v) is 3.32. The van der Waals surface area contributed by atoms with Crippen molar-refractivity contribution in [2.45, 2.75) is 32.6 Å². The summed E-state index contributed by atoms with van der Waals surface area (Å²) in [4.78, 5) is 5.75. The van der Waals surface area contributed by atoms with E-state index in [0.717, 1.165) is 5.92 Å². The van der Waals surface area contributed by atoms with Gasteiger partial charge in [0.15, 0.2) is 0 Å². The highest BCUT2D eigenvalue weighted by Crippen LogP contribution is 2.42. The summed E-state index contributed by atoms with van der Waals surface area (Å²) in [6.45, 7) is 4.29. The van der Waals surface area contributed by atoms with Gasteiger partial charge in [0, 0.05) is 5.92 Å². The summed E-state index contributed by atoms with van der Waals surface area (Å²) in [5.41, 5.74) is 0. The molecular formula is C9H12NS-. The average Bonchev–Trinajstić information content (AvgIpc) is 2.68. The van der Waals surface area contributed by atoms with E-state index < -0.39 is 0 Å². The summed E-state index contributed by atoms with van der Waals surface area (Å²) >= 11 is 1.86. The molecule has 1 aliphatic carbocycles. The summed E-state index contributed by atoms with van der Waals surface area (Å²) in [6, 6.07) is 0. The standard InChI is InChI=1S/C9H12NS/c1-6(2)8-5-10-9(11-8)7-3-4-7/h5,7H,3-4H2,1-2H3/q-1. The van der Waals surface area contributed by atoms with E-state index in [9.17, 15) is 0 Å². The van der Waals surface area contributed by atoms with Crippen LogP contribution < -0.4 is 0 Å². The molecule has 0 aliphatic heterocycles. The van der Waals surface area contributed by atoms with E-state index >= 15 is 0 Å². The summed E-state index contributed by atoms with van der Waals surface area (Å²) in [7, 11) is 0. The number of hydrogen-bond donors (Lipinski definition) is 0. The molecule has 0 saturated heterocycles. The minimum absolute atomic E-state index is 0.813. The van der Waals surface area contributed by atoms with Gasteiger partial charge in [-0.1, -0.05) is 0 Å². The van der Waals surface area contributed by atoms with Gasteiger partial charge >= 0.3 is 0 Å². The van der Waals surface area contributed by atoms with Crippen LogP contribution in [0.2, 0.25) is 0 Å². The summed E-state index contributed by atoms with van der Waals surface area (Å²) in [5.74, 6) is 2.20. The maximum atomic E-state index is 4.40. The molecule has 2 heteroatoms. The molecule has 0 aromatic carbocycles. The van der Waals surface area contributed by atoms with Gasteiger partial charge in [0.1, 0.15) is 0 Å². The van der Waals surface area contributed by atoms with Crippen LogP contribution in [0.15, 0.2) is 6.20 Å². The van der Waals surface area contributed by atoms with Crippen LogP contribution in [0.4, 0.5) is 0 Å². The van der Waals surface area contributed by atoms with Crippen LogP contribution in [-0.2, 0) is 0 Å². The first-order chi connectivity index (χ1) is 5.27. The molecule has 0 unspecified atom stereocenters. The lowest BCUT2D eigenvalue weighted by Crippen LogP contribution is -1.79. The van der Waals surface area contributed by atoms with Gasteiger partial charge in [-0.05, 0) is 12.8 Å². The Hall–Kier alpha value is -0.500. The van der Waals surface area contributed by atoms with Crippen molar-refractivity contribution in [3.63, 3.8) is 0 Å². The maximum Gasteiger partial charge on any atom is 0.0732 e. The molecule has 0 N–H and O–H groups in total. The topological polar surface area (TPSA) is 12.9 Å². The van der Waals surface area contributed by atoms with Gasteiger partial charge < -0.3 is 4.98 Å². The van der Waals surface area contributed by atoms with Crippen LogP contribution in [0, 0.1) is 5.92 Å². The van der Waals surface area contributed by atoms with Crippen LogP contribution >= 0.6 is 11.3 Å². The lowest BCUT2D eigenvalue weighted by atomic mass is 10.2. The first kappa shape index (κ1) is 7.17. The molecule has 1 aromatic heterocycles. The number of aromatic nitrogens is 1. The molecule has 11 heavy (non-hydrogen) atoms. The molecule has 60 valence electrons. The zero-order chi connectivity index (χ0) is 7.84. The molecule has 1 aliphatic rings. The molecule has 1 nitrogen and oxygen atoms in total. The lowest BCUT2D eigenvalue weighted by molar-refractivity contribution is 1.08. The second kappa shape index (κ2) is 2.52. The molecule has 2 rings (SSSR count). The summed E-state index contributed by atoms with van der Waals surface area (Å²) in [5, 5.41) is 1.35. The lowest BCUT2D eigenvalue weighted by Gasteiger charge is -2.08. The monoisotopic (exact) mass is 166 g/mol. The Morgan fingerprint density at radius 2 is 2.27 bits per heavy atom. The Labute approximate surface area is 71.5 Å². The van der Waals surface area contributed by atoms with E-state index in [2.05, 4.69) is 18.8 Å². The zero-order valence-electron chi connectivity index (χ0n) is 6.92. The largest absolute Gasteiger partial charge is 0.345 e. The van der Waals surface area contributed by atoms with Crippen LogP contribution in [-0.4, -0.2) is 4.98 Å². The van der Waals surface area contributed by atoms with Crippen molar-refractivity contribution in [2.24, 2.45) is 0 Å². The van der Waals surface area contributed by atoms with Crippen molar-refractivity contribution in [1.82, 2.24) is 4.98 Å². The molecule has 1 fully saturated rings. The van der Waals surface area contributed by atoms with Crippen molar-refractivity contribution in [3.8, 4) is 0 Å². The molecule has 0 bridgehead atoms. The Morgan fingerprint density at radius 3 is 2.73 bits per heavy atom. The molecule has 1 heterocycles. The SMILES string of the molecule is C[C-](C)c1cnc(C2CC2)s1. The van der Waals surface area contributed by atoms with E-state index in [0.29, 0.717) is 0 Å². The van der Waals surface area contributed by atoms with Crippen LogP contribution in [0.5, 0.6) is 0 Å². The predicted octanol–water partition coefficient (Wildman–Crippen LogP) is 2.98. The van der Waals surface area contributed by atoms with Crippen molar-refractivity contribution < 1.29 is 0 Å². The van der Waals surface area contributed by atoms with Gasteiger partial charge in [0.2, 0.25) is 0 Å². The van der Waals surface area contributed by atoms with Gasteiger partial charge in [-0.3, -0.25) is 0 Å². The minimum atomic E-state index is 0.813. The molecular weight excluding hydrogens is 154 g/mol. The Kier molecular flexibility index (Phi) is 1.64. The molecule has 0 atom stereocenters. The molecule has 0 radical (unpaired) electrons. The predicted molar refractivity (Wildman–Crippen MR) is 47.8 cm³/mol. The quantitative estimate of drug-likeness (QED) is 0.615. The fourth-order valence-electron chi connectivity index (χ4n) is 1.04. The van der Waals surface area contributed by atoms with Gasteiger partial charge in [-0.15, -0.1) is 24.9 Å². The Bertz CT molecular complexity index is 231. The van der Waals surface area contributed by atoms with Crippen molar-refractivity contribution in [1.29, 1.82) is 0 Å². The second-order valence-corrected chi connectivity index (χ2v) is 4.40.